The average Bonchev–Trinajstić information content (AvgIpc) is 3.14. The molecule has 1 aromatic heterocycles. The van der Waals surface area contributed by atoms with Crippen LogP contribution in [0.1, 0.15) is 55.3 Å². The lowest BCUT2D eigenvalue weighted by atomic mass is 9.89. The van der Waals surface area contributed by atoms with Gasteiger partial charge in [-0.3, -0.25) is 4.79 Å². The van der Waals surface area contributed by atoms with Crippen molar-refractivity contribution in [2.45, 2.75) is 51.4 Å². The maximum absolute atomic E-state index is 12.2. The molecule has 0 spiro atoms. The van der Waals surface area contributed by atoms with Crippen molar-refractivity contribution in [1.29, 1.82) is 0 Å². The number of amides is 1. The van der Waals surface area contributed by atoms with Gasteiger partial charge in [0.1, 0.15) is 5.75 Å². The van der Waals surface area contributed by atoms with Gasteiger partial charge >= 0.3 is 0 Å². The van der Waals surface area contributed by atoms with Gasteiger partial charge in [0.25, 0.3) is 5.91 Å². The Morgan fingerprint density at radius 2 is 2.12 bits per heavy atom. The summed E-state index contributed by atoms with van der Waals surface area (Å²) < 4.78 is 11.0. The minimum atomic E-state index is -0.0671. The molecule has 6 nitrogen and oxygen atoms in total. The summed E-state index contributed by atoms with van der Waals surface area (Å²) in [6.07, 6.45) is 6.63. The summed E-state index contributed by atoms with van der Waals surface area (Å²) in [5.41, 5.74) is 1.11. The molecule has 0 bridgehead atoms. The van der Waals surface area contributed by atoms with Gasteiger partial charge in [0.15, 0.2) is 12.4 Å². The molecule has 6 heteroatoms. The van der Waals surface area contributed by atoms with E-state index in [1.807, 2.05) is 31.2 Å². The lowest BCUT2D eigenvalue weighted by Crippen LogP contribution is -2.33. The molecule has 1 amide bonds. The molecule has 1 fully saturated rings. The lowest BCUT2D eigenvalue weighted by molar-refractivity contribution is -0.132. The number of likely N-dealkylation sites (N-methyl/N-ethyl adjacent to an activating group) is 1. The van der Waals surface area contributed by atoms with Crippen molar-refractivity contribution in [3.05, 3.63) is 41.5 Å². The second kappa shape index (κ2) is 8.83. The van der Waals surface area contributed by atoms with Crippen molar-refractivity contribution in [2.24, 2.45) is 0 Å². The van der Waals surface area contributed by atoms with Crippen molar-refractivity contribution in [1.82, 2.24) is 15.0 Å². The fraction of sp³-hybridized carbons (Fsp3) is 0.550. The summed E-state index contributed by atoms with van der Waals surface area (Å²) in [7, 11) is 1.77. The highest BCUT2D eigenvalue weighted by Gasteiger charge is 2.21. The fourth-order valence-electron chi connectivity index (χ4n) is 3.24. The predicted molar refractivity (Wildman–Crippen MR) is 98.1 cm³/mol. The van der Waals surface area contributed by atoms with Gasteiger partial charge in [-0.1, -0.05) is 36.6 Å². The highest BCUT2D eigenvalue weighted by Crippen LogP contribution is 2.31. The molecule has 1 aliphatic rings. The molecule has 0 radical (unpaired) electrons. The normalized spacial score (nSPS) is 15.0. The molecule has 0 aliphatic heterocycles. The first-order valence-electron chi connectivity index (χ1n) is 9.38. The Balaban J connectivity index is 1.43. The molecule has 2 aromatic rings. The Bertz CT molecular complexity index is 723. The van der Waals surface area contributed by atoms with Crippen molar-refractivity contribution in [3.63, 3.8) is 0 Å². The van der Waals surface area contributed by atoms with Crippen LogP contribution in [0.25, 0.3) is 0 Å². The maximum Gasteiger partial charge on any atom is 0.260 e. The number of benzene rings is 1. The summed E-state index contributed by atoms with van der Waals surface area (Å²) in [5, 5.41) is 4.07. The number of carbonyl (C=O) groups is 1. The van der Waals surface area contributed by atoms with E-state index in [0.717, 1.165) is 24.3 Å². The largest absolute Gasteiger partial charge is 0.484 e. The van der Waals surface area contributed by atoms with E-state index in [1.165, 1.54) is 19.3 Å². The van der Waals surface area contributed by atoms with Crippen LogP contribution in [0.5, 0.6) is 5.75 Å². The van der Waals surface area contributed by atoms with Crippen LogP contribution in [0.4, 0.5) is 0 Å². The monoisotopic (exact) mass is 357 g/mol. The molecule has 0 N–H and O–H groups in total. The zero-order valence-corrected chi connectivity index (χ0v) is 15.6. The first-order chi connectivity index (χ1) is 12.6. The van der Waals surface area contributed by atoms with Gasteiger partial charge in [0.2, 0.25) is 5.89 Å². The quantitative estimate of drug-likeness (QED) is 0.758. The van der Waals surface area contributed by atoms with Crippen molar-refractivity contribution in [3.8, 4) is 5.75 Å². The third-order valence-electron chi connectivity index (χ3n) is 4.89. The minimum Gasteiger partial charge on any atom is -0.484 e. The van der Waals surface area contributed by atoms with Crippen LogP contribution in [0.2, 0.25) is 0 Å². The van der Waals surface area contributed by atoms with Gasteiger partial charge in [0.05, 0.1) is 0 Å². The van der Waals surface area contributed by atoms with E-state index in [0.29, 0.717) is 30.5 Å². The van der Waals surface area contributed by atoms with Crippen LogP contribution in [0.3, 0.4) is 0 Å². The number of ether oxygens (including phenoxy) is 1. The second-order valence-electron chi connectivity index (χ2n) is 7.05. The second-order valence-corrected chi connectivity index (χ2v) is 7.05. The SMILES string of the molecule is Cc1cccc(OCC(=O)N(C)CCc2noc(C3CCCCC3)n2)c1. The molecule has 3 rings (SSSR count). The smallest absolute Gasteiger partial charge is 0.260 e. The summed E-state index contributed by atoms with van der Waals surface area (Å²) in [5.74, 6) is 2.48. The van der Waals surface area contributed by atoms with E-state index in [1.54, 1.807) is 11.9 Å². The zero-order chi connectivity index (χ0) is 18.4. The Hall–Kier alpha value is -2.37. The standard InChI is InChI=1S/C20H27N3O3/c1-15-7-6-10-17(13-15)25-14-19(24)23(2)12-11-18-21-20(26-22-18)16-8-4-3-5-9-16/h6-7,10,13,16H,3-5,8-9,11-12,14H2,1-2H3. The van der Waals surface area contributed by atoms with E-state index in [9.17, 15) is 4.79 Å². The first kappa shape index (κ1) is 18.4. The molecule has 140 valence electrons. The van der Waals surface area contributed by atoms with Crippen LogP contribution in [0, 0.1) is 6.92 Å². The van der Waals surface area contributed by atoms with Crippen molar-refractivity contribution in [2.75, 3.05) is 20.2 Å². The van der Waals surface area contributed by atoms with Gasteiger partial charge in [-0.2, -0.15) is 4.98 Å². The number of carbonyl (C=O) groups excluding carboxylic acids is 1. The van der Waals surface area contributed by atoms with Gasteiger partial charge in [-0.25, -0.2) is 0 Å². The van der Waals surface area contributed by atoms with Gasteiger partial charge in [0, 0.05) is 25.9 Å². The fourth-order valence-corrected chi connectivity index (χ4v) is 3.24. The summed E-state index contributed by atoms with van der Waals surface area (Å²) in [6.45, 7) is 2.56. The molecular weight excluding hydrogens is 330 g/mol. The summed E-state index contributed by atoms with van der Waals surface area (Å²) in [4.78, 5) is 18.4. The summed E-state index contributed by atoms with van der Waals surface area (Å²) >= 11 is 0. The average molecular weight is 357 g/mol. The molecule has 1 aromatic carbocycles. The van der Waals surface area contributed by atoms with E-state index in [4.69, 9.17) is 9.26 Å². The maximum atomic E-state index is 12.2. The molecular formula is C20H27N3O3. The molecule has 1 saturated carbocycles. The van der Waals surface area contributed by atoms with Crippen molar-refractivity contribution < 1.29 is 14.1 Å². The van der Waals surface area contributed by atoms with Crippen LogP contribution >= 0.6 is 0 Å². The predicted octanol–water partition coefficient (Wildman–Crippen LogP) is 3.51. The van der Waals surface area contributed by atoms with E-state index < -0.39 is 0 Å². The Labute approximate surface area is 154 Å². The van der Waals surface area contributed by atoms with E-state index >= 15 is 0 Å². The Morgan fingerprint density at radius 1 is 1.31 bits per heavy atom. The van der Waals surface area contributed by atoms with Crippen LogP contribution in [-0.4, -0.2) is 41.1 Å². The van der Waals surface area contributed by atoms with E-state index in [2.05, 4.69) is 10.1 Å². The van der Waals surface area contributed by atoms with Crippen molar-refractivity contribution >= 4 is 5.91 Å². The Kier molecular flexibility index (Phi) is 6.26. The third-order valence-corrected chi connectivity index (χ3v) is 4.89. The minimum absolute atomic E-state index is 0.0273. The third kappa shape index (κ3) is 5.07. The number of rotatable bonds is 7. The van der Waals surface area contributed by atoms with Gasteiger partial charge in [-0.15, -0.1) is 0 Å². The number of aromatic nitrogens is 2. The highest BCUT2D eigenvalue weighted by molar-refractivity contribution is 5.77. The van der Waals surface area contributed by atoms with Crippen LogP contribution in [-0.2, 0) is 11.2 Å². The Morgan fingerprint density at radius 3 is 2.88 bits per heavy atom. The number of hydrogen-bond acceptors (Lipinski definition) is 5. The van der Waals surface area contributed by atoms with Gasteiger partial charge < -0.3 is 14.2 Å². The van der Waals surface area contributed by atoms with Crippen LogP contribution < -0.4 is 4.74 Å². The lowest BCUT2D eigenvalue weighted by Gasteiger charge is -2.17. The van der Waals surface area contributed by atoms with Gasteiger partial charge in [-0.05, 0) is 37.5 Å². The number of aryl methyl sites for hydroxylation is 1. The molecule has 1 heterocycles. The topological polar surface area (TPSA) is 68.5 Å². The zero-order valence-electron chi connectivity index (χ0n) is 15.6. The van der Waals surface area contributed by atoms with Crippen LogP contribution in [0.15, 0.2) is 28.8 Å². The molecule has 1 aliphatic carbocycles. The number of hydrogen-bond donors (Lipinski definition) is 0. The molecule has 0 unspecified atom stereocenters. The molecule has 26 heavy (non-hydrogen) atoms. The molecule has 0 atom stereocenters. The first-order valence-corrected chi connectivity index (χ1v) is 9.38. The highest BCUT2D eigenvalue weighted by atomic mass is 16.5. The number of nitrogens with zero attached hydrogens (tertiary/aromatic N) is 3. The van der Waals surface area contributed by atoms with E-state index in [-0.39, 0.29) is 12.5 Å². The molecule has 0 saturated heterocycles. The summed E-state index contributed by atoms with van der Waals surface area (Å²) in [6, 6.07) is 7.68.